The van der Waals surface area contributed by atoms with E-state index in [0.717, 1.165) is 7.11 Å². The molecule has 1 rings (SSSR count). The molecule has 1 fully saturated rings. The van der Waals surface area contributed by atoms with Gasteiger partial charge >= 0.3 is 12.1 Å². The van der Waals surface area contributed by atoms with E-state index in [0.29, 0.717) is 4.90 Å². The molecule has 1 aliphatic rings. The first-order valence-electron chi connectivity index (χ1n) is 4.76. The summed E-state index contributed by atoms with van der Waals surface area (Å²) in [6.45, 7) is -0.861. The van der Waals surface area contributed by atoms with E-state index >= 15 is 0 Å². The first-order valence-corrected chi connectivity index (χ1v) is 4.76. The van der Waals surface area contributed by atoms with Crippen molar-refractivity contribution >= 4 is 12.1 Å². The van der Waals surface area contributed by atoms with Crippen molar-refractivity contribution in [3.05, 3.63) is 0 Å². The molecule has 1 heterocycles. The second-order valence-corrected chi connectivity index (χ2v) is 3.87. The highest BCUT2D eigenvalue weighted by atomic mass is 19.3. The van der Waals surface area contributed by atoms with E-state index < -0.39 is 36.9 Å². The van der Waals surface area contributed by atoms with Gasteiger partial charge in [-0.15, -0.1) is 0 Å². The number of hydrogen-bond donors (Lipinski definition) is 1. The Labute approximate surface area is 91.0 Å². The molecule has 0 spiro atoms. The van der Waals surface area contributed by atoms with Crippen LogP contribution in [-0.4, -0.2) is 48.2 Å². The van der Waals surface area contributed by atoms with E-state index in [1.165, 1.54) is 0 Å². The standard InChI is InChI=1S/C9H13F2NO4/c1-16-7(13)2-6-3-9(10,11)5-12(4-6)8(14)15/h6H,2-5H2,1H3,(H,14,15). The molecular weight excluding hydrogens is 224 g/mol. The summed E-state index contributed by atoms with van der Waals surface area (Å²) in [4.78, 5) is 22.2. The molecule has 0 aromatic rings. The average molecular weight is 237 g/mol. The molecule has 0 saturated carbocycles. The largest absolute Gasteiger partial charge is 0.469 e. The van der Waals surface area contributed by atoms with Crippen LogP contribution in [0.3, 0.4) is 0 Å². The molecule has 5 nitrogen and oxygen atoms in total. The van der Waals surface area contributed by atoms with Gasteiger partial charge in [0.15, 0.2) is 0 Å². The fourth-order valence-electron chi connectivity index (χ4n) is 1.81. The molecule has 16 heavy (non-hydrogen) atoms. The second kappa shape index (κ2) is 4.63. The Morgan fingerprint density at radius 3 is 2.69 bits per heavy atom. The van der Waals surface area contributed by atoms with Gasteiger partial charge in [0.05, 0.1) is 20.1 Å². The number of likely N-dealkylation sites (tertiary alicyclic amines) is 1. The molecule has 1 N–H and O–H groups in total. The zero-order chi connectivity index (χ0) is 12.3. The quantitative estimate of drug-likeness (QED) is 0.732. The van der Waals surface area contributed by atoms with Crippen LogP contribution in [0.15, 0.2) is 0 Å². The number of amides is 1. The van der Waals surface area contributed by atoms with Crippen molar-refractivity contribution in [1.29, 1.82) is 0 Å². The minimum Gasteiger partial charge on any atom is -0.469 e. The molecule has 0 radical (unpaired) electrons. The first kappa shape index (κ1) is 12.7. The maximum absolute atomic E-state index is 13.2. The van der Waals surface area contributed by atoms with Gasteiger partial charge in [-0.05, 0) is 5.92 Å². The highest BCUT2D eigenvalue weighted by molar-refractivity contribution is 5.70. The minimum atomic E-state index is -3.07. The van der Waals surface area contributed by atoms with Crippen LogP contribution in [-0.2, 0) is 9.53 Å². The fraction of sp³-hybridized carbons (Fsp3) is 0.778. The molecule has 92 valence electrons. The summed E-state index contributed by atoms with van der Waals surface area (Å²) in [7, 11) is 1.16. The van der Waals surface area contributed by atoms with E-state index in [9.17, 15) is 18.4 Å². The predicted octanol–water partition coefficient (Wildman–Crippen LogP) is 1.18. The van der Waals surface area contributed by atoms with Gasteiger partial charge in [-0.1, -0.05) is 0 Å². The molecule has 0 aromatic carbocycles. The van der Waals surface area contributed by atoms with Crippen LogP contribution in [0.1, 0.15) is 12.8 Å². The molecule has 7 heteroatoms. The summed E-state index contributed by atoms with van der Waals surface area (Å²) in [5.41, 5.74) is 0. The summed E-state index contributed by atoms with van der Waals surface area (Å²) in [5.74, 6) is -4.37. The number of piperidine rings is 1. The smallest absolute Gasteiger partial charge is 0.407 e. The van der Waals surface area contributed by atoms with E-state index in [4.69, 9.17) is 5.11 Å². The van der Waals surface area contributed by atoms with Gasteiger partial charge in [0.2, 0.25) is 0 Å². The Morgan fingerprint density at radius 1 is 1.56 bits per heavy atom. The van der Waals surface area contributed by atoms with Crippen molar-refractivity contribution < 1.29 is 28.2 Å². The summed E-state index contributed by atoms with van der Waals surface area (Å²) in [6.07, 6.45) is -2.06. The lowest BCUT2D eigenvalue weighted by Crippen LogP contribution is -2.49. The number of carbonyl (C=O) groups is 2. The Bertz CT molecular complexity index is 295. The van der Waals surface area contributed by atoms with Crippen LogP contribution in [0.4, 0.5) is 13.6 Å². The SMILES string of the molecule is COC(=O)CC1CN(C(=O)O)CC(F)(F)C1. The first-order chi connectivity index (χ1) is 7.34. The summed E-state index contributed by atoms with van der Waals surface area (Å²) in [5, 5.41) is 8.66. The van der Waals surface area contributed by atoms with Crippen LogP contribution >= 0.6 is 0 Å². The molecule has 1 saturated heterocycles. The molecule has 1 aliphatic heterocycles. The molecule has 1 unspecified atom stereocenters. The Balaban J connectivity index is 2.65. The lowest BCUT2D eigenvalue weighted by molar-refractivity contribution is -0.144. The van der Waals surface area contributed by atoms with Crippen LogP contribution in [0.25, 0.3) is 0 Å². The number of nitrogens with zero attached hydrogens (tertiary/aromatic N) is 1. The normalized spacial score (nSPS) is 23.9. The van der Waals surface area contributed by atoms with Gasteiger partial charge in [-0.2, -0.15) is 0 Å². The van der Waals surface area contributed by atoms with Gasteiger partial charge in [-0.25, -0.2) is 13.6 Å². The maximum atomic E-state index is 13.2. The highest BCUT2D eigenvalue weighted by Crippen LogP contribution is 2.32. The number of halogens is 2. The Kier molecular flexibility index (Phi) is 3.66. The second-order valence-electron chi connectivity index (χ2n) is 3.87. The zero-order valence-corrected chi connectivity index (χ0v) is 8.78. The third-order valence-electron chi connectivity index (χ3n) is 2.44. The van der Waals surface area contributed by atoms with E-state index in [-0.39, 0.29) is 13.0 Å². The van der Waals surface area contributed by atoms with Crippen molar-refractivity contribution in [2.45, 2.75) is 18.8 Å². The van der Waals surface area contributed by atoms with Crippen LogP contribution in [0, 0.1) is 5.92 Å². The van der Waals surface area contributed by atoms with Gasteiger partial charge in [0.1, 0.15) is 0 Å². The number of carbonyl (C=O) groups excluding carboxylic acids is 1. The molecule has 1 atom stereocenters. The number of carboxylic acid groups (broad SMARTS) is 1. The summed E-state index contributed by atoms with van der Waals surface area (Å²) >= 11 is 0. The molecule has 0 aromatic heterocycles. The van der Waals surface area contributed by atoms with E-state index in [1.54, 1.807) is 0 Å². The molecule has 1 amide bonds. The Morgan fingerprint density at radius 2 is 2.19 bits per heavy atom. The van der Waals surface area contributed by atoms with Crippen LogP contribution in [0.5, 0.6) is 0 Å². The van der Waals surface area contributed by atoms with Crippen molar-refractivity contribution in [3.63, 3.8) is 0 Å². The van der Waals surface area contributed by atoms with Crippen LogP contribution in [0.2, 0.25) is 0 Å². The number of esters is 1. The zero-order valence-electron chi connectivity index (χ0n) is 8.78. The topological polar surface area (TPSA) is 66.8 Å². The monoisotopic (exact) mass is 237 g/mol. The third-order valence-corrected chi connectivity index (χ3v) is 2.44. The minimum absolute atomic E-state index is 0.0555. The summed E-state index contributed by atoms with van der Waals surface area (Å²) < 4.78 is 30.7. The number of hydrogen-bond acceptors (Lipinski definition) is 3. The predicted molar refractivity (Wildman–Crippen MR) is 49.3 cm³/mol. The third kappa shape index (κ3) is 3.32. The number of rotatable bonds is 2. The van der Waals surface area contributed by atoms with Crippen molar-refractivity contribution in [2.75, 3.05) is 20.2 Å². The number of ether oxygens (including phenoxy) is 1. The van der Waals surface area contributed by atoms with Crippen molar-refractivity contribution in [3.8, 4) is 0 Å². The molecule has 0 bridgehead atoms. The van der Waals surface area contributed by atoms with Gasteiger partial charge in [0, 0.05) is 13.0 Å². The highest BCUT2D eigenvalue weighted by Gasteiger charge is 2.42. The summed E-state index contributed by atoms with van der Waals surface area (Å²) in [6, 6.07) is 0. The number of methoxy groups -OCH3 is 1. The average Bonchev–Trinajstić information content (AvgIpc) is 2.14. The lowest BCUT2D eigenvalue weighted by Gasteiger charge is -2.35. The van der Waals surface area contributed by atoms with Crippen LogP contribution < -0.4 is 0 Å². The lowest BCUT2D eigenvalue weighted by atomic mass is 9.92. The Hall–Kier alpha value is -1.40. The van der Waals surface area contributed by atoms with Crippen molar-refractivity contribution in [1.82, 2.24) is 4.90 Å². The molecular formula is C9H13F2NO4. The van der Waals surface area contributed by atoms with Gasteiger partial charge < -0.3 is 14.7 Å². The fourth-order valence-corrected chi connectivity index (χ4v) is 1.81. The van der Waals surface area contributed by atoms with E-state index in [1.807, 2.05) is 0 Å². The molecule has 0 aliphatic carbocycles. The van der Waals surface area contributed by atoms with E-state index in [2.05, 4.69) is 4.74 Å². The van der Waals surface area contributed by atoms with Gasteiger partial charge in [-0.3, -0.25) is 4.79 Å². The maximum Gasteiger partial charge on any atom is 0.407 e. The van der Waals surface area contributed by atoms with Gasteiger partial charge in [0.25, 0.3) is 5.92 Å². The van der Waals surface area contributed by atoms with Crippen molar-refractivity contribution in [2.24, 2.45) is 5.92 Å². The number of alkyl halides is 2.